The molecule has 0 rings (SSSR count). The highest BCUT2D eigenvalue weighted by atomic mass is 79.9. The van der Waals surface area contributed by atoms with E-state index in [1.165, 1.54) is 6.92 Å². The van der Waals surface area contributed by atoms with Gasteiger partial charge in [-0.05, 0) is 6.42 Å². The van der Waals surface area contributed by atoms with Gasteiger partial charge in [0.1, 0.15) is 0 Å². The zero-order valence-corrected chi connectivity index (χ0v) is 8.27. The summed E-state index contributed by atoms with van der Waals surface area (Å²) in [5, 5.41) is 2.86. The fourth-order valence-corrected chi connectivity index (χ4v) is 1.14. The minimum Gasteiger partial charge on any atom is -0.347 e. The molecule has 0 aliphatic carbocycles. The molecule has 0 saturated heterocycles. The summed E-state index contributed by atoms with van der Waals surface area (Å²) >= 11 is 3.05. The normalized spacial score (nSPS) is 12.3. The van der Waals surface area contributed by atoms with Crippen LogP contribution in [0.15, 0.2) is 0 Å². The summed E-state index contributed by atoms with van der Waals surface area (Å²) < 4.78 is 0. The molecule has 0 aliphatic heterocycles. The number of hydrogen-bond acceptors (Lipinski definition) is 2. The molecule has 0 spiro atoms. The molecule has 0 heterocycles. The minimum atomic E-state index is -0.327. The number of amides is 1. The number of Topliss-reactive ketones (excluding diaryl/α,β-unsaturated/α-hetero) is 1. The molecule has 0 aromatic heterocycles. The summed E-state index contributed by atoms with van der Waals surface area (Å²) in [6, 6.07) is -0.327. The topological polar surface area (TPSA) is 46.2 Å². The van der Waals surface area contributed by atoms with Crippen molar-refractivity contribution in [2.45, 2.75) is 26.3 Å². The minimum absolute atomic E-state index is 0.0164. The maximum atomic E-state index is 11.0. The Morgan fingerprint density at radius 2 is 2.09 bits per heavy atom. The summed E-state index contributed by atoms with van der Waals surface area (Å²) in [7, 11) is 0. The van der Waals surface area contributed by atoms with Gasteiger partial charge in [0.15, 0.2) is 5.78 Å². The Morgan fingerprint density at radius 1 is 1.55 bits per heavy atom. The summed E-state index contributed by atoms with van der Waals surface area (Å²) in [4.78, 5) is 21.6. The van der Waals surface area contributed by atoms with Crippen LogP contribution in [-0.4, -0.2) is 23.1 Å². The SMILES string of the molecule is CCC(NC(C)=O)C(=O)CBr. The van der Waals surface area contributed by atoms with Crippen LogP contribution in [0.4, 0.5) is 0 Å². The van der Waals surface area contributed by atoms with Gasteiger partial charge in [-0.15, -0.1) is 0 Å². The number of nitrogens with one attached hydrogen (secondary N) is 1. The fourth-order valence-electron chi connectivity index (χ4n) is 0.749. The third-order valence-electron chi connectivity index (χ3n) is 1.31. The standard InChI is InChI=1S/C7H12BrNO2/c1-3-6(7(11)4-8)9-5(2)10/h6H,3-4H2,1-2H3,(H,9,10). The van der Waals surface area contributed by atoms with Gasteiger partial charge >= 0.3 is 0 Å². The smallest absolute Gasteiger partial charge is 0.217 e. The van der Waals surface area contributed by atoms with Crippen molar-refractivity contribution in [3.8, 4) is 0 Å². The third kappa shape index (κ3) is 4.14. The van der Waals surface area contributed by atoms with Crippen LogP contribution in [0.1, 0.15) is 20.3 Å². The van der Waals surface area contributed by atoms with E-state index in [-0.39, 0.29) is 17.7 Å². The second-order valence-electron chi connectivity index (χ2n) is 2.26. The largest absolute Gasteiger partial charge is 0.347 e. The van der Waals surface area contributed by atoms with E-state index in [1.54, 1.807) is 0 Å². The molecule has 4 heteroatoms. The van der Waals surface area contributed by atoms with Crippen molar-refractivity contribution in [1.29, 1.82) is 0 Å². The van der Waals surface area contributed by atoms with E-state index in [0.29, 0.717) is 11.8 Å². The highest BCUT2D eigenvalue weighted by Gasteiger charge is 2.14. The zero-order valence-electron chi connectivity index (χ0n) is 6.69. The lowest BCUT2D eigenvalue weighted by molar-refractivity contribution is -0.125. The van der Waals surface area contributed by atoms with Crippen LogP contribution in [0.25, 0.3) is 0 Å². The highest BCUT2D eigenvalue weighted by molar-refractivity contribution is 9.09. The van der Waals surface area contributed by atoms with Crippen molar-refractivity contribution in [2.75, 3.05) is 5.33 Å². The molecule has 11 heavy (non-hydrogen) atoms. The Balaban J connectivity index is 3.94. The number of carbonyl (C=O) groups excluding carboxylic acids is 2. The molecule has 1 N–H and O–H groups in total. The first-order valence-electron chi connectivity index (χ1n) is 3.47. The number of hydrogen-bond donors (Lipinski definition) is 1. The van der Waals surface area contributed by atoms with E-state index < -0.39 is 0 Å². The second-order valence-corrected chi connectivity index (χ2v) is 2.82. The molecule has 1 atom stereocenters. The van der Waals surface area contributed by atoms with Crippen molar-refractivity contribution in [2.24, 2.45) is 0 Å². The molecule has 0 aromatic rings. The maximum absolute atomic E-state index is 11.0. The lowest BCUT2D eigenvalue weighted by Gasteiger charge is -2.12. The maximum Gasteiger partial charge on any atom is 0.217 e. The Bertz CT molecular complexity index is 159. The molecule has 0 fully saturated rings. The van der Waals surface area contributed by atoms with E-state index in [0.717, 1.165) is 0 Å². The van der Waals surface area contributed by atoms with Crippen LogP contribution < -0.4 is 5.32 Å². The molecule has 0 bridgehead atoms. The molecule has 3 nitrogen and oxygen atoms in total. The van der Waals surface area contributed by atoms with Crippen molar-refractivity contribution in [3.05, 3.63) is 0 Å². The quantitative estimate of drug-likeness (QED) is 0.717. The van der Waals surface area contributed by atoms with Gasteiger partial charge < -0.3 is 5.32 Å². The summed E-state index contributed by atoms with van der Waals surface area (Å²) in [5.41, 5.74) is 0. The molecule has 0 aromatic carbocycles. The van der Waals surface area contributed by atoms with Gasteiger partial charge in [-0.25, -0.2) is 0 Å². The summed E-state index contributed by atoms with van der Waals surface area (Å²) in [5.74, 6) is -0.145. The van der Waals surface area contributed by atoms with Crippen LogP contribution in [-0.2, 0) is 9.59 Å². The number of rotatable bonds is 4. The van der Waals surface area contributed by atoms with Crippen molar-refractivity contribution >= 4 is 27.6 Å². The molecule has 0 aliphatic rings. The first kappa shape index (κ1) is 10.6. The van der Waals surface area contributed by atoms with Crippen molar-refractivity contribution in [3.63, 3.8) is 0 Å². The van der Waals surface area contributed by atoms with Gasteiger partial charge in [-0.2, -0.15) is 0 Å². The van der Waals surface area contributed by atoms with E-state index in [4.69, 9.17) is 0 Å². The predicted octanol–water partition coefficient (Wildman–Crippen LogP) is 0.865. The van der Waals surface area contributed by atoms with Crippen LogP contribution >= 0.6 is 15.9 Å². The molecule has 1 amide bonds. The average Bonchev–Trinajstić information content (AvgIpc) is 1.98. The fraction of sp³-hybridized carbons (Fsp3) is 0.714. The monoisotopic (exact) mass is 221 g/mol. The van der Waals surface area contributed by atoms with Crippen molar-refractivity contribution < 1.29 is 9.59 Å². The average molecular weight is 222 g/mol. The third-order valence-corrected chi connectivity index (χ3v) is 1.86. The molecule has 1 unspecified atom stereocenters. The summed E-state index contributed by atoms with van der Waals surface area (Å²) in [6.07, 6.45) is 0.643. The molecular weight excluding hydrogens is 210 g/mol. The van der Waals surface area contributed by atoms with Crippen LogP contribution in [0.2, 0.25) is 0 Å². The Hall–Kier alpha value is -0.380. The van der Waals surface area contributed by atoms with E-state index in [1.807, 2.05) is 6.92 Å². The molecule has 0 radical (unpaired) electrons. The van der Waals surface area contributed by atoms with Gasteiger partial charge in [0.25, 0.3) is 0 Å². The second kappa shape index (κ2) is 5.29. The summed E-state index contributed by atoms with van der Waals surface area (Å²) in [6.45, 7) is 3.27. The van der Waals surface area contributed by atoms with Gasteiger partial charge in [-0.1, -0.05) is 22.9 Å². The van der Waals surface area contributed by atoms with Crippen LogP contribution in [0, 0.1) is 0 Å². The zero-order chi connectivity index (χ0) is 8.85. The van der Waals surface area contributed by atoms with Gasteiger partial charge in [0.05, 0.1) is 11.4 Å². The number of ketones is 1. The lowest BCUT2D eigenvalue weighted by Crippen LogP contribution is -2.39. The molecular formula is C7H12BrNO2. The Kier molecular flexibility index (Phi) is 5.11. The number of carbonyl (C=O) groups is 2. The number of alkyl halides is 1. The van der Waals surface area contributed by atoms with Crippen LogP contribution in [0.5, 0.6) is 0 Å². The highest BCUT2D eigenvalue weighted by Crippen LogP contribution is 1.95. The first-order valence-corrected chi connectivity index (χ1v) is 4.59. The van der Waals surface area contributed by atoms with E-state index in [2.05, 4.69) is 21.2 Å². The van der Waals surface area contributed by atoms with Crippen LogP contribution in [0.3, 0.4) is 0 Å². The van der Waals surface area contributed by atoms with Crippen molar-refractivity contribution in [1.82, 2.24) is 5.32 Å². The molecule has 64 valence electrons. The predicted molar refractivity (Wildman–Crippen MR) is 46.7 cm³/mol. The Labute approximate surface area is 74.7 Å². The first-order chi connectivity index (χ1) is 5.11. The van der Waals surface area contributed by atoms with Gasteiger partial charge in [0, 0.05) is 6.92 Å². The lowest BCUT2D eigenvalue weighted by atomic mass is 10.1. The number of halogens is 1. The Morgan fingerprint density at radius 3 is 2.36 bits per heavy atom. The van der Waals surface area contributed by atoms with E-state index >= 15 is 0 Å². The van der Waals surface area contributed by atoms with Gasteiger partial charge in [0.2, 0.25) is 5.91 Å². The molecule has 0 saturated carbocycles. The van der Waals surface area contributed by atoms with Gasteiger partial charge in [-0.3, -0.25) is 9.59 Å². The van der Waals surface area contributed by atoms with E-state index in [9.17, 15) is 9.59 Å².